The molecule has 0 bridgehead atoms. The van der Waals surface area contributed by atoms with Gasteiger partial charge >= 0.3 is 0 Å². The van der Waals surface area contributed by atoms with Crippen LogP contribution in [0.2, 0.25) is 0 Å². The van der Waals surface area contributed by atoms with Crippen LogP contribution in [-0.4, -0.2) is 9.97 Å². The molecule has 0 radical (unpaired) electrons. The number of benzene rings is 18. The normalized spacial score (nSPS) is 11.4. The molecule has 4 heteroatoms. The number of nitriles is 2. The highest BCUT2D eigenvalue weighted by atomic mass is 14.7. The molecule has 0 N–H and O–H groups in total. The van der Waals surface area contributed by atoms with E-state index in [0.717, 1.165) is 101 Å². The van der Waals surface area contributed by atoms with E-state index < -0.39 is 0 Å². The predicted molar refractivity (Wildman–Crippen MR) is 482 cm³/mol. The topological polar surface area (TPSA) is 73.4 Å². The smallest absolute Gasteiger partial charge is 0.0991 e. The summed E-state index contributed by atoms with van der Waals surface area (Å²) in [5.41, 5.74) is 37.9. The van der Waals surface area contributed by atoms with Crippen molar-refractivity contribution in [1.29, 1.82) is 10.5 Å². The Morgan fingerprint density at radius 2 is 0.371 bits per heavy atom. The summed E-state index contributed by atoms with van der Waals surface area (Å²) >= 11 is 0. The number of nitrogens with zero attached hydrogens (tertiary/aromatic N) is 4. The van der Waals surface area contributed by atoms with Crippen molar-refractivity contribution < 1.29 is 0 Å². The van der Waals surface area contributed by atoms with Crippen molar-refractivity contribution in [3.63, 3.8) is 0 Å². The monoisotopic (exact) mass is 1470 g/mol. The molecule has 0 fully saturated rings. The second-order valence-corrected chi connectivity index (χ2v) is 30.0. The highest BCUT2D eigenvalue weighted by molar-refractivity contribution is 6.24. The van der Waals surface area contributed by atoms with Gasteiger partial charge in [0.05, 0.1) is 46.0 Å². The van der Waals surface area contributed by atoms with Crippen molar-refractivity contribution >= 4 is 43.1 Å². The van der Waals surface area contributed by atoms with E-state index in [2.05, 4.69) is 388 Å². The zero-order valence-electron chi connectivity index (χ0n) is 63.0. The summed E-state index contributed by atoms with van der Waals surface area (Å²) in [5.74, 6) is 0. The fraction of sp³-hybridized carbons (Fsp3) is 0. The van der Waals surface area contributed by atoms with Crippen molar-refractivity contribution in [1.82, 2.24) is 9.97 Å². The first-order valence-corrected chi connectivity index (χ1v) is 39.3. The molecule has 18 aromatic carbocycles. The second kappa shape index (κ2) is 28.9. The van der Waals surface area contributed by atoms with Crippen LogP contribution in [0.25, 0.3) is 222 Å². The molecular formula is C112H68N4. The van der Waals surface area contributed by atoms with Gasteiger partial charge in [-0.1, -0.05) is 352 Å². The number of fused-ring (bicyclic) bond motifs is 8. The van der Waals surface area contributed by atoms with E-state index in [4.69, 9.17) is 9.97 Å². The zero-order valence-corrected chi connectivity index (χ0v) is 63.0. The van der Waals surface area contributed by atoms with Crippen LogP contribution >= 0.6 is 0 Å². The van der Waals surface area contributed by atoms with Gasteiger partial charge in [-0.25, -0.2) is 9.97 Å². The molecule has 4 nitrogen and oxygen atoms in total. The fourth-order valence-electron chi connectivity index (χ4n) is 17.5. The Labute approximate surface area is 673 Å². The number of rotatable bonds is 12. The SMILES string of the molecule is N#Cc1ccc(-c2ccc3c4c(ccc(-c5ccc(-c6cc(-c7ccc(-c8ccccc8)cc7)nc(-c7ccc(-c8ccccc8)cc7)c6)cc5)c24)-c2ccccc2-3)cc1.N#Cc1ccc(-c2ccc3c4c(ccc(-c5ccc(-c6cc(-c7ccc8ccccc8c7)nc(-c7ccc8ccccc8c7)c6)cc5)c24)-c2ccccc2-3)cc1. The number of aromatic nitrogens is 2. The van der Waals surface area contributed by atoms with E-state index in [1.807, 2.05) is 36.4 Å². The van der Waals surface area contributed by atoms with Crippen LogP contribution < -0.4 is 0 Å². The van der Waals surface area contributed by atoms with Crippen LogP contribution in [0.4, 0.5) is 0 Å². The first-order valence-electron chi connectivity index (χ1n) is 39.3. The van der Waals surface area contributed by atoms with E-state index in [1.54, 1.807) is 0 Å². The Kier molecular flexibility index (Phi) is 17.0. The van der Waals surface area contributed by atoms with Crippen LogP contribution in [0.1, 0.15) is 11.1 Å². The van der Waals surface area contributed by atoms with E-state index in [9.17, 15) is 10.5 Å². The van der Waals surface area contributed by atoms with Crippen molar-refractivity contribution in [3.05, 3.63) is 424 Å². The molecule has 20 aromatic rings. The summed E-state index contributed by atoms with van der Waals surface area (Å²) in [6.07, 6.45) is 0. The molecule has 536 valence electrons. The van der Waals surface area contributed by atoms with Crippen LogP contribution in [0.15, 0.2) is 413 Å². The minimum absolute atomic E-state index is 0.656. The maximum atomic E-state index is 9.54. The fourth-order valence-corrected chi connectivity index (χ4v) is 17.5. The van der Waals surface area contributed by atoms with Crippen LogP contribution in [0, 0.1) is 22.7 Å². The predicted octanol–water partition coefficient (Wildman–Crippen LogP) is 29.8. The number of pyridine rings is 2. The third-order valence-electron chi connectivity index (χ3n) is 23.4. The van der Waals surface area contributed by atoms with Gasteiger partial charge in [0.25, 0.3) is 0 Å². The summed E-state index contributed by atoms with van der Waals surface area (Å²) in [7, 11) is 0. The van der Waals surface area contributed by atoms with Crippen LogP contribution in [0.3, 0.4) is 0 Å². The lowest BCUT2D eigenvalue weighted by molar-refractivity contribution is 1.32. The lowest BCUT2D eigenvalue weighted by atomic mass is 9.88. The van der Waals surface area contributed by atoms with Gasteiger partial charge in [0.15, 0.2) is 0 Å². The van der Waals surface area contributed by atoms with Crippen molar-refractivity contribution in [2.45, 2.75) is 0 Å². The van der Waals surface area contributed by atoms with E-state index in [0.29, 0.717) is 11.1 Å². The molecule has 0 unspecified atom stereocenters. The Bertz CT molecular complexity index is 7120. The lowest BCUT2D eigenvalue weighted by Gasteiger charge is -2.16. The van der Waals surface area contributed by atoms with Gasteiger partial charge in [-0.2, -0.15) is 10.5 Å². The molecular weight excluding hydrogens is 1400 g/mol. The Hall–Kier alpha value is -15.7. The standard InChI is InChI=1S/C58H36N2.C54H32N2/c59-37-38-15-17-44(18-16-38)49-31-33-53-51-13-7-8-14-52(51)54-34-32-50(57(49)58(53)54)45-25-19-43(20-26-45)48-35-55(46-27-21-41(22-28-46)39-9-3-1-4-10-39)60-56(36-48)47-29-23-42(24-30-47)40-11-5-2-6-12-40;55-33-34-13-15-38(16-14-34)45-25-27-49-47-11-5-6-12-48(47)50-28-26-46(53(45)54(49)50)39-21-17-37(18-22-39)44-31-51(42-23-19-35-7-1-3-9-40(35)29-42)56-52(32-44)43-24-20-36-8-2-4-10-41(36)30-43/h1-36H;1-32H. The molecule has 116 heavy (non-hydrogen) atoms. The average molecular weight is 1470 g/mol. The quantitative estimate of drug-likeness (QED) is 0.122. The maximum absolute atomic E-state index is 9.54. The summed E-state index contributed by atoms with van der Waals surface area (Å²) in [6.45, 7) is 0. The van der Waals surface area contributed by atoms with Crippen LogP contribution in [0.5, 0.6) is 0 Å². The molecule has 0 saturated carbocycles. The first-order chi connectivity index (χ1) is 57.4. The number of hydrogen-bond acceptors (Lipinski definition) is 4. The molecule has 2 heterocycles. The molecule has 0 aliphatic heterocycles. The highest BCUT2D eigenvalue weighted by Gasteiger charge is 2.28. The molecule has 2 aliphatic rings. The van der Waals surface area contributed by atoms with E-state index in [1.165, 1.54) is 121 Å². The summed E-state index contributed by atoms with van der Waals surface area (Å²) in [5, 5.41) is 28.9. The minimum atomic E-state index is 0.656. The Morgan fingerprint density at radius 3 is 0.690 bits per heavy atom. The molecule has 0 atom stereocenters. The third kappa shape index (κ3) is 12.4. The zero-order chi connectivity index (χ0) is 77.2. The van der Waals surface area contributed by atoms with Gasteiger partial charge < -0.3 is 0 Å². The maximum Gasteiger partial charge on any atom is 0.0991 e. The Morgan fingerprint density at radius 1 is 0.147 bits per heavy atom. The van der Waals surface area contributed by atoms with Crippen molar-refractivity contribution in [2.75, 3.05) is 0 Å². The van der Waals surface area contributed by atoms with E-state index in [-0.39, 0.29) is 0 Å². The van der Waals surface area contributed by atoms with Gasteiger partial charge in [0.2, 0.25) is 0 Å². The summed E-state index contributed by atoms with van der Waals surface area (Å²) in [4.78, 5) is 10.6. The highest BCUT2D eigenvalue weighted by Crippen LogP contribution is 2.54. The van der Waals surface area contributed by atoms with Crippen molar-refractivity contribution in [3.8, 4) is 191 Å². The molecule has 2 aliphatic carbocycles. The lowest BCUT2D eigenvalue weighted by Crippen LogP contribution is -1.92. The van der Waals surface area contributed by atoms with Gasteiger partial charge in [0, 0.05) is 22.3 Å². The summed E-state index contributed by atoms with van der Waals surface area (Å²) in [6, 6.07) is 152. The van der Waals surface area contributed by atoms with Gasteiger partial charge in [0.1, 0.15) is 0 Å². The molecule has 0 amide bonds. The first kappa shape index (κ1) is 68.3. The minimum Gasteiger partial charge on any atom is -0.248 e. The summed E-state index contributed by atoms with van der Waals surface area (Å²) < 4.78 is 0. The van der Waals surface area contributed by atoms with E-state index >= 15 is 0 Å². The average Bonchev–Trinajstić information content (AvgIpc) is 1.56. The Balaban J connectivity index is 0.000000145. The van der Waals surface area contributed by atoms with Crippen LogP contribution in [-0.2, 0) is 0 Å². The molecule has 2 aromatic heterocycles. The van der Waals surface area contributed by atoms with Gasteiger partial charge in [-0.15, -0.1) is 0 Å². The molecule has 22 rings (SSSR count). The molecule has 0 saturated heterocycles. The largest absolute Gasteiger partial charge is 0.248 e. The number of hydrogen-bond donors (Lipinski definition) is 0. The van der Waals surface area contributed by atoms with Gasteiger partial charge in [-0.05, 0) is 237 Å². The van der Waals surface area contributed by atoms with Crippen molar-refractivity contribution in [2.24, 2.45) is 0 Å². The molecule has 0 spiro atoms. The second-order valence-electron chi connectivity index (χ2n) is 30.0. The van der Waals surface area contributed by atoms with Gasteiger partial charge in [-0.3, -0.25) is 0 Å². The third-order valence-corrected chi connectivity index (χ3v) is 23.4.